The zero-order chi connectivity index (χ0) is 18.4. The SMILES string of the molecule is CC(=O)c1ccc(NC(=O)CCNS(=O)(=O)c2ccc(F)cc2)cc1. The summed E-state index contributed by atoms with van der Waals surface area (Å²) >= 11 is 0. The molecule has 0 aliphatic heterocycles. The first-order valence-electron chi connectivity index (χ1n) is 7.44. The third-order valence-corrected chi connectivity index (χ3v) is 4.82. The lowest BCUT2D eigenvalue weighted by Crippen LogP contribution is -2.27. The standard InChI is InChI=1S/C17H17FN2O4S/c1-12(21)13-2-6-15(7-3-13)20-17(22)10-11-19-25(23,24)16-8-4-14(18)5-9-16/h2-9,19H,10-11H2,1H3,(H,20,22). The summed E-state index contributed by atoms with van der Waals surface area (Å²) in [4.78, 5) is 22.9. The van der Waals surface area contributed by atoms with Gasteiger partial charge in [0.15, 0.2) is 5.78 Å². The average Bonchev–Trinajstić information content (AvgIpc) is 2.55. The summed E-state index contributed by atoms with van der Waals surface area (Å²) in [5.41, 5.74) is 1.04. The van der Waals surface area contributed by atoms with Gasteiger partial charge in [0.2, 0.25) is 15.9 Å². The maximum atomic E-state index is 12.8. The van der Waals surface area contributed by atoms with Crippen LogP contribution in [-0.2, 0) is 14.8 Å². The van der Waals surface area contributed by atoms with Gasteiger partial charge >= 0.3 is 0 Å². The van der Waals surface area contributed by atoms with Crippen molar-refractivity contribution in [2.45, 2.75) is 18.2 Å². The van der Waals surface area contributed by atoms with Crippen LogP contribution in [0.5, 0.6) is 0 Å². The average molecular weight is 364 g/mol. The fourth-order valence-electron chi connectivity index (χ4n) is 2.01. The van der Waals surface area contributed by atoms with E-state index in [-0.39, 0.29) is 29.6 Å². The monoisotopic (exact) mass is 364 g/mol. The van der Waals surface area contributed by atoms with Gasteiger partial charge in [0.05, 0.1) is 4.90 Å². The van der Waals surface area contributed by atoms with Crippen LogP contribution in [0.4, 0.5) is 10.1 Å². The molecule has 0 radical (unpaired) electrons. The molecular formula is C17H17FN2O4S. The Morgan fingerprint density at radius 1 is 1.00 bits per heavy atom. The van der Waals surface area contributed by atoms with E-state index < -0.39 is 15.8 Å². The van der Waals surface area contributed by atoms with Crippen molar-refractivity contribution in [3.8, 4) is 0 Å². The zero-order valence-electron chi connectivity index (χ0n) is 13.5. The summed E-state index contributed by atoms with van der Waals surface area (Å²) in [6.45, 7) is 1.35. The summed E-state index contributed by atoms with van der Waals surface area (Å²) in [6, 6.07) is 10.8. The van der Waals surface area contributed by atoms with Crippen LogP contribution in [0.25, 0.3) is 0 Å². The summed E-state index contributed by atoms with van der Waals surface area (Å²) in [5, 5.41) is 2.61. The second kappa shape index (κ2) is 8.00. The van der Waals surface area contributed by atoms with E-state index in [9.17, 15) is 22.4 Å². The highest BCUT2D eigenvalue weighted by molar-refractivity contribution is 7.89. The van der Waals surface area contributed by atoms with Gasteiger partial charge < -0.3 is 5.32 Å². The number of halogens is 1. The van der Waals surface area contributed by atoms with E-state index in [0.717, 1.165) is 24.3 Å². The molecule has 0 aromatic heterocycles. The molecule has 0 fully saturated rings. The predicted molar refractivity (Wildman–Crippen MR) is 91.3 cm³/mol. The second-order valence-electron chi connectivity index (χ2n) is 5.28. The molecule has 0 aliphatic carbocycles. The number of rotatable bonds is 7. The van der Waals surface area contributed by atoms with Gasteiger partial charge in [-0.25, -0.2) is 17.5 Å². The number of Topliss-reactive ketones (excluding diaryl/α,β-unsaturated/α-hetero) is 1. The molecule has 2 N–H and O–H groups in total. The largest absolute Gasteiger partial charge is 0.326 e. The van der Waals surface area contributed by atoms with Crippen molar-refractivity contribution in [2.75, 3.05) is 11.9 Å². The number of sulfonamides is 1. The Labute approximate surface area is 145 Å². The Morgan fingerprint density at radius 3 is 2.16 bits per heavy atom. The van der Waals surface area contributed by atoms with Crippen molar-refractivity contribution in [2.24, 2.45) is 0 Å². The minimum absolute atomic E-state index is 0.0745. The Kier molecular flexibility index (Phi) is 6.00. The minimum atomic E-state index is -3.79. The predicted octanol–water partition coefficient (Wildman–Crippen LogP) is 2.34. The minimum Gasteiger partial charge on any atom is -0.326 e. The Morgan fingerprint density at radius 2 is 1.60 bits per heavy atom. The lowest BCUT2D eigenvalue weighted by atomic mass is 10.1. The molecule has 25 heavy (non-hydrogen) atoms. The molecule has 1 amide bonds. The molecule has 2 rings (SSSR count). The van der Waals surface area contributed by atoms with Gasteiger partial charge in [-0.05, 0) is 55.5 Å². The summed E-state index contributed by atoms with van der Waals surface area (Å²) in [6.07, 6.45) is -0.0745. The van der Waals surface area contributed by atoms with Gasteiger partial charge in [-0.15, -0.1) is 0 Å². The van der Waals surface area contributed by atoms with Crippen molar-refractivity contribution >= 4 is 27.4 Å². The highest BCUT2D eigenvalue weighted by Gasteiger charge is 2.14. The highest BCUT2D eigenvalue weighted by Crippen LogP contribution is 2.11. The van der Waals surface area contributed by atoms with Crippen molar-refractivity contribution < 1.29 is 22.4 Å². The number of carbonyl (C=O) groups is 2. The number of hydrogen-bond donors (Lipinski definition) is 2. The van der Waals surface area contributed by atoms with Crippen LogP contribution in [0.15, 0.2) is 53.4 Å². The quantitative estimate of drug-likeness (QED) is 0.738. The molecule has 0 aliphatic rings. The second-order valence-corrected chi connectivity index (χ2v) is 7.05. The van der Waals surface area contributed by atoms with Gasteiger partial charge in [-0.3, -0.25) is 9.59 Å². The summed E-state index contributed by atoms with van der Waals surface area (Å²) < 4.78 is 39.1. The zero-order valence-corrected chi connectivity index (χ0v) is 14.3. The third kappa shape index (κ3) is 5.47. The van der Waals surface area contributed by atoms with Gasteiger partial charge in [-0.1, -0.05) is 0 Å². The van der Waals surface area contributed by atoms with E-state index in [2.05, 4.69) is 10.0 Å². The number of ketones is 1. The smallest absolute Gasteiger partial charge is 0.240 e. The molecule has 0 unspecified atom stereocenters. The lowest BCUT2D eigenvalue weighted by Gasteiger charge is -2.08. The van der Waals surface area contributed by atoms with E-state index >= 15 is 0 Å². The lowest BCUT2D eigenvalue weighted by molar-refractivity contribution is -0.116. The molecule has 2 aromatic rings. The van der Waals surface area contributed by atoms with E-state index in [1.54, 1.807) is 24.3 Å². The number of amides is 1. The molecule has 0 saturated carbocycles. The molecule has 0 spiro atoms. The first kappa shape index (κ1) is 18.8. The molecule has 0 atom stereocenters. The van der Waals surface area contributed by atoms with Crippen LogP contribution in [0.1, 0.15) is 23.7 Å². The summed E-state index contributed by atoms with van der Waals surface area (Å²) in [5.74, 6) is -0.987. The van der Waals surface area contributed by atoms with Crippen LogP contribution in [-0.4, -0.2) is 26.7 Å². The fraction of sp³-hybridized carbons (Fsp3) is 0.176. The van der Waals surface area contributed by atoms with E-state index in [1.165, 1.54) is 6.92 Å². The Hall–Kier alpha value is -2.58. The molecule has 2 aromatic carbocycles. The number of anilines is 1. The Bertz CT molecular complexity index is 863. The molecule has 132 valence electrons. The molecule has 0 saturated heterocycles. The molecular weight excluding hydrogens is 347 g/mol. The highest BCUT2D eigenvalue weighted by atomic mass is 32.2. The van der Waals surface area contributed by atoms with Gasteiger partial charge in [-0.2, -0.15) is 0 Å². The van der Waals surface area contributed by atoms with E-state index in [1.807, 2.05) is 0 Å². The molecule has 0 heterocycles. The third-order valence-electron chi connectivity index (χ3n) is 3.34. The maximum Gasteiger partial charge on any atom is 0.240 e. The van der Waals surface area contributed by atoms with E-state index in [0.29, 0.717) is 11.3 Å². The number of benzene rings is 2. The summed E-state index contributed by atoms with van der Waals surface area (Å²) in [7, 11) is -3.79. The fourth-order valence-corrected chi connectivity index (χ4v) is 3.04. The topological polar surface area (TPSA) is 92.3 Å². The van der Waals surface area contributed by atoms with Crippen molar-refractivity contribution in [3.63, 3.8) is 0 Å². The van der Waals surface area contributed by atoms with Crippen molar-refractivity contribution in [1.29, 1.82) is 0 Å². The first-order valence-corrected chi connectivity index (χ1v) is 8.92. The van der Waals surface area contributed by atoms with Crippen molar-refractivity contribution in [3.05, 3.63) is 59.9 Å². The maximum absolute atomic E-state index is 12.8. The van der Waals surface area contributed by atoms with Crippen molar-refractivity contribution in [1.82, 2.24) is 4.72 Å². The number of carbonyl (C=O) groups excluding carboxylic acids is 2. The normalized spacial score (nSPS) is 11.1. The van der Waals surface area contributed by atoms with Crippen LogP contribution < -0.4 is 10.0 Å². The van der Waals surface area contributed by atoms with Crippen LogP contribution in [0.3, 0.4) is 0 Å². The first-order chi connectivity index (χ1) is 11.8. The number of nitrogens with one attached hydrogen (secondary N) is 2. The van der Waals surface area contributed by atoms with Crippen LogP contribution in [0.2, 0.25) is 0 Å². The van der Waals surface area contributed by atoms with Crippen LogP contribution in [0, 0.1) is 5.82 Å². The van der Waals surface area contributed by atoms with Gasteiger partial charge in [0.25, 0.3) is 0 Å². The Balaban J connectivity index is 1.85. The number of hydrogen-bond acceptors (Lipinski definition) is 4. The van der Waals surface area contributed by atoms with Crippen LogP contribution >= 0.6 is 0 Å². The van der Waals surface area contributed by atoms with E-state index in [4.69, 9.17) is 0 Å². The molecule has 0 bridgehead atoms. The van der Waals surface area contributed by atoms with Gasteiger partial charge in [0.1, 0.15) is 5.82 Å². The van der Waals surface area contributed by atoms with Gasteiger partial charge in [0, 0.05) is 24.2 Å². The molecule has 6 nitrogen and oxygen atoms in total. The molecule has 8 heteroatoms.